The molecular weight excluding hydrogens is 342 g/mol. The molecular formula is C26H39NO. The lowest BCUT2D eigenvalue weighted by Gasteiger charge is -2.57. The maximum atomic E-state index is 13.0. The number of carbonyl (C=O) groups excluding carboxylic acids is 1. The average molecular weight is 382 g/mol. The van der Waals surface area contributed by atoms with E-state index in [1.807, 2.05) is 11.9 Å². The fourth-order valence-corrected chi connectivity index (χ4v) is 7.03. The minimum absolute atomic E-state index is 0.213. The summed E-state index contributed by atoms with van der Waals surface area (Å²) in [6.07, 6.45) is 16.2. The number of amides is 1. The highest BCUT2D eigenvalue weighted by Gasteiger charge is 2.51. The normalized spacial score (nSPS) is 30.6. The van der Waals surface area contributed by atoms with Crippen LogP contribution in [0.5, 0.6) is 0 Å². The molecule has 0 N–H and O–H groups in total. The van der Waals surface area contributed by atoms with Crippen molar-refractivity contribution in [3.8, 4) is 0 Å². The van der Waals surface area contributed by atoms with Crippen LogP contribution >= 0.6 is 0 Å². The van der Waals surface area contributed by atoms with Gasteiger partial charge in [0.15, 0.2) is 0 Å². The predicted octanol–water partition coefficient (Wildman–Crippen LogP) is 6.49. The van der Waals surface area contributed by atoms with E-state index >= 15 is 0 Å². The van der Waals surface area contributed by atoms with Crippen LogP contribution in [0.3, 0.4) is 0 Å². The van der Waals surface area contributed by atoms with Crippen LogP contribution < -0.4 is 0 Å². The standard InChI is InChI=1S/C26H39NO/c1-3-4-5-6-7-8-20-9-11-24(12-10-20)25(28)27(2)19-26-16-21-13-22(17-26)15-23(14-21)18-26/h9-12,21-23H,3-8,13-19H2,1-2H3. The van der Waals surface area contributed by atoms with Crippen molar-refractivity contribution in [2.45, 2.75) is 84.0 Å². The van der Waals surface area contributed by atoms with E-state index in [0.29, 0.717) is 5.41 Å². The number of hydrogen-bond acceptors (Lipinski definition) is 1. The van der Waals surface area contributed by atoms with Crippen LogP contribution in [0.15, 0.2) is 24.3 Å². The maximum absolute atomic E-state index is 13.0. The number of aryl methyl sites for hydroxylation is 1. The van der Waals surface area contributed by atoms with Crippen molar-refractivity contribution < 1.29 is 4.79 Å². The predicted molar refractivity (Wildman–Crippen MR) is 116 cm³/mol. The lowest BCUT2D eigenvalue weighted by atomic mass is 9.49. The van der Waals surface area contributed by atoms with Crippen LogP contribution in [-0.4, -0.2) is 24.4 Å². The van der Waals surface area contributed by atoms with Gasteiger partial charge in [-0.05, 0) is 92.2 Å². The lowest BCUT2D eigenvalue weighted by molar-refractivity contribution is -0.0629. The van der Waals surface area contributed by atoms with E-state index in [1.54, 1.807) is 0 Å². The van der Waals surface area contributed by atoms with Crippen molar-refractivity contribution in [3.05, 3.63) is 35.4 Å². The summed E-state index contributed by atoms with van der Waals surface area (Å²) in [5.74, 6) is 3.06. The fraction of sp³-hybridized carbons (Fsp3) is 0.731. The van der Waals surface area contributed by atoms with E-state index in [0.717, 1.165) is 36.3 Å². The van der Waals surface area contributed by atoms with Crippen LogP contribution in [0.2, 0.25) is 0 Å². The summed E-state index contributed by atoms with van der Waals surface area (Å²) in [5, 5.41) is 0. The SMILES string of the molecule is CCCCCCCc1ccc(C(=O)N(C)CC23CC4CC(CC(C4)C2)C3)cc1. The van der Waals surface area contributed by atoms with Gasteiger partial charge in [0.25, 0.3) is 5.91 Å². The average Bonchev–Trinajstić information content (AvgIpc) is 2.66. The molecule has 1 aromatic carbocycles. The zero-order valence-electron chi connectivity index (χ0n) is 18.1. The molecule has 0 radical (unpaired) electrons. The van der Waals surface area contributed by atoms with Gasteiger partial charge in [-0.1, -0.05) is 44.7 Å². The number of carbonyl (C=O) groups is 1. The number of nitrogens with zero attached hydrogens (tertiary/aromatic N) is 1. The number of unbranched alkanes of at least 4 members (excludes halogenated alkanes) is 4. The van der Waals surface area contributed by atoms with Crippen LogP contribution in [0.25, 0.3) is 0 Å². The molecule has 0 heterocycles. The molecule has 1 amide bonds. The molecule has 5 rings (SSSR count). The molecule has 2 heteroatoms. The van der Waals surface area contributed by atoms with Gasteiger partial charge in [-0.25, -0.2) is 0 Å². The summed E-state index contributed by atoms with van der Waals surface area (Å²) in [5.41, 5.74) is 2.66. The zero-order chi connectivity index (χ0) is 19.6. The summed E-state index contributed by atoms with van der Waals surface area (Å²) in [6, 6.07) is 8.46. The Morgan fingerprint density at radius 2 is 1.50 bits per heavy atom. The Morgan fingerprint density at radius 1 is 0.929 bits per heavy atom. The molecule has 0 unspecified atom stereocenters. The van der Waals surface area contributed by atoms with E-state index in [4.69, 9.17) is 0 Å². The molecule has 154 valence electrons. The van der Waals surface area contributed by atoms with Crippen molar-refractivity contribution in [3.63, 3.8) is 0 Å². The van der Waals surface area contributed by atoms with Gasteiger partial charge in [0.05, 0.1) is 0 Å². The Labute approximate surface area is 172 Å². The molecule has 4 fully saturated rings. The highest BCUT2D eigenvalue weighted by atomic mass is 16.2. The third kappa shape index (κ3) is 4.47. The van der Waals surface area contributed by atoms with Crippen molar-refractivity contribution in [2.75, 3.05) is 13.6 Å². The lowest BCUT2D eigenvalue weighted by Crippen LogP contribution is -2.51. The zero-order valence-corrected chi connectivity index (χ0v) is 18.1. The van der Waals surface area contributed by atoms with E-state index in [2.05, 4.69) is 31.2 Å². The maximum Gasteiger partial charge on any atom is 0.253 e. The first kappa shape index (κ1) is 20.0. The second-order valence-electron chi connectivity index (χ2n) is 10.4. The van der Waals surface area contributed by atoms with Gasteiger partial charge in [0.1, 0.15) is 0 Å². The monoisotopic (exact) mass is 381 g/mol. The van der Waals surface area contributed by atoms with Crippen LogP contribution in [0.4, 0.5) is 0 Å². The smallest absolute Gasteiger partial charge is 0.253 e. The van der Waals surface area contributed by atoms with Gasteiger partial charge in [0, 0.05) is 19.2 Å². The Kier molecular flexibility index (Phi) is 6.13. The molecule has 0 atom stereocenters. The summed E-state index contributed by atoms with van der Waals surface area (Å²) in [4.78, 5) is 15.1. The number of rotatable bonds is 9. The van der Waals surface area contributed by atoms with Gasteiger partial charge in [-0.3, -0.25) is 4.79 Å². The molecule has 4 bridgehead atoms. The van der Waals surface area contributed by atoms with E-state index in [1.165, 1.54) is 76.2 Å². The molecule has 2 nitrogen and oxygen atoms in total. The van der Waals surface area contributed by atoms with E-state index < -0.39 is 0 Å². The first-order valence-corrected chi connectivity index (χ1v) is 11.9. The van der Waals surface area contributed by atoms with Gasteiger partial charge >= 0.3 is 0 Å². The highest BCUT2D eigenvalue weighted by Crippen LogP contribution is 2.60. The minimum atomic E-state index is 0.213. The van der Waals surface area contributed by atoms with Crippen LogP contribution in [0.1, 0.15) is 93.5 Å². The molecule has 4 aliphatic rings. The third-order valence-corrected chi connectivity index (χ3v) is 7.85. The Morgan fingerprint density at radius 3 is 2.07 bits per heavy atom. The van der Waals surface area contributed by atoms with E-state index in [-0.39, 0.29) is 5.91 Å². The van der Waals surface area contributed by atoms with Gasteiger partial charge < -0.3 is 4.90 Å². The van der Waals surface area contributed by atoms with Crippen molar-refractivity contribution >= 4 is 5.91 Å². The van der Waals surface area contributed by atoms with Gasteiger partial charge in [0.2, 0.25) is 0 Å². The quantitative estimate of drug-likeness (QED) is 0.448. The summed E-state index contributed by atoms with van der Waals surface area (Å²) < 4.78 is 0. The van der Waals surface area contributed by atoms with Gasteiger partial charge in [-0.15, -0.1) is 0 Å². The summed E-state index contributed by atoms with van der Waals surface area (Å²) in [6.45, 7) is 3.23. The van der Waals surface area contributed by atoms with Crippen molar-refractivity contribution in [1.29, 1.82) is 0 Å². The Hall–Kier alpha value is -1.31. The topological polar surface area (TPSA) is 20.3 Å². The molecule has 0 spiro atoms. The summed E-state index contributed by atoms with van der Waals surface area (Å²) in [7, 11) is 2.03. The first-order chi connectivity index (χ1) is 13.6. The molecule has 0 aliphatic heterocycles. The number of benzene rings is 1. The molecule has 1 aromatic rings. The largest absolute Gasteiger partial charge is 0.341 e. The van der Waals surface area contributed by atoms with Crippen LogP contribution in [0, 0.1) is 23.2 Å². The summed E-state index contributed by atoms with van der Waals surface area (Å²) >= 11 is 0. The Balaban J connectivity index is 1.30. The highest BCUT2D eigenvalue weighted by molar-refractivity contribution is 5.94. The van der Waals surface area contributed by atoms with Crippen LogP contribution in [-0.2, 0) is 6.42 Å². The first-order valence-electron chi connectivity index (χ1n) is 11.9. The molecule has 0 saturated heterocycles. The van der Waals surface area contributed by atoms with Crippen molar-refractivity contribution in [1.82, 2.24) is 4.90 Å². The molecule has 0 aromatic heterocycles. The third-order valence-electron chi connectivity index (χ3n) is 7.85. The van der Waals surface area contributed by atoms with Gasteiger partial charge in [-0.2, -0.15) is 0 Å². The fourth-order valence-electron chi connectivity index (χ4n) is 7.03. The Bertz CT molecular complexity index is 626. The molecule has 28 heavy (non-hydrogen) atoms. The van der Waals surface area contributed by atoms with Crippen molar-refractivity contribution in [2.24, 2.45) is 23.2 Å². The van der Waals surface area contributed by atoms with E-state index in [9.17, 15) is 4.79 Å². The minimum Gasteiger partial charge on any atom is -0.341 e. The molecule has 4 saturated carbocycles. The molecule has 4 aliphatic carbocycles. The second-order valence-corrected chi connectivity index (χ2v) is 10.4. The number of hydrogen-bond donors (Lipinski definition) is 0. The second kappa shape index (κ2) is 8.59.